The molecule has 0 radical (unpaired) electrons. The summed E-state index contributed by atoms with van der Waals surface area (Å²) in [6, 6.07) is 16.2. The number of ether oxygens (including phenoxy) is 1. The number of nitrogens with two attached hydrogens (primary N) is 2. The van der Waals surface area contributed by atoms with Crippen molar-refractivity contribution in [3.05, 3.63) is 66.4 Å². The second-order valence-corrected chi connectivity index (χ2v) is 6.70. The first-order valence-corrected chi connectivity index (χ1v) is 8.94. The number of carbonyl (C=O) groups excluding carboxylic acids is 2. The van der Waals surface area contributed by atoms with Gasteiger partial charge >= 0.3 is 0 Å². The molecule has 0 saturated heterocycles. The van der Waals surface area contributed by atoms with E-state index in [-0.39, 0.29) is 12.5 Å². The number of rotatable bonds is 6. The summed E-state index contributed by atoms with van der Waals surface area (Å²) in [4.78, 5) is 28.6. The summed E-state index contributed by atoms with van der Waals surface area (Å²) < 4.78 is 5.50. The van der Waals surface area contributed by atoms with Gasteiger partial charge in [-0.3, -0.25) is 9.59 Å². The summed E-state index contributed by atoms with van der Waals surface area (Å²) in [5, 5.41) is 0. The number of benzene rings is 2. The van der Waals surface area contributed by atoms with Gasteiger partial charge in [0.15, 0.2) is 6.61 Å². The average molecular weight is 390 g/mol. The number of carbonyl (C=O) groups is 2. The Hall–Kier alpha value is -3.87. The lowest BCUT2D eigenvalue weighted by Crippen LogP contribution is -2.27. The van der Waals surface area contributed by atoms with Crippen LogP contribution >= 0.6 is 0 Å². The van der Waals surface area contributed by atoms with Crippen LogP contribution in [0.1, 0.15) is 10.4 Å². The van der Waals surface area contributed by atoms with Crippen LogP contribution in [0.4, 0.5) is 5.82 Å². The van der Waals surface area contributed by atoms with Crippen LogP contribution in [0.25, 0.3) is 22.3 Å². The molecule has 0 bridgehead atoms. The van der Waals surface area contributed by atoms with Gasteiger partial charge in [-0.2, -0.15) is 0 Å². The van der Waals surface area contributed by atoms with Crippen LogP contribution in [0.15, 0.2) is 60.8 Å². The average Bonchev–Trinajstić information content (AvgIpc) is 2.72. The normalized spacial score (nSPS) is 10.4. The molecule has 0 spiro atoms. The van der Waals surface area contributed by atoms with Gasteiger partial charge in [-0.15, -0.1) is 0 Å². The molecule has 148 valence electrons. The summed E-state index contributed by atoms with van der Waals surface area (Å²) in [6.07, 6.45) is 1.70. The number of nitrogen functional groups attached to an aromatic ring is 1. The van der Waals surface area contributed by atoms with Gasteiger partial charge in [-0.25, -0.2) is 4.98 Å². The molecular weight excluding hydrogens is 368 g/mol. The predicted octanol–water partition coefficient (Wildman–Crippen LogP) is 2.56. The Labute approximate surface area is 168 Å². The van der Waals surface area contributed by atoms with Crippen LogP contribution in [0.3, 0.4) is 0 Å². The molecule has 0 fully saturated rings. The third kappa shape index (κ3) is 4.70. The van der Waals surface area contributed by atoms with Gasteiger partial charge in [-0.05, 0) is 41.5 Å². The number of hydrogen-bond acceptors (Lipinski definition) is 5. The SMILES string of the molecule is CN(C)C(=O)COc1ccc(-c2cnc(N)c(-c3ccc(C(N)=O)cc3)c2)cc1. The summed E-state index contributed by atoms with van der Waals surface area (Å²) in [5.74, 6) is 0.409. The molecule has 0 aliphatic heterocycles. The Morgan fingerprint density at radius 3 is 2.17 bits per heavy atom. The van der Waals surface area contributed by atoms with Gasteiger partial charge in [0.2, 0.25) is 5.91 Å². The van der Waals surface area contributed by atoms with Crippen molar-refractivity contribution >= 4 is 17.6 Å². The minimum atomic E-state index is -0.481. The smallest absolute Gasteiger partial charge is 0.259 e. The van der Waals surface area contributed by atoms with Crippen molar-refractivity contribution in [1.82, 2.24) is 9.88 Å². The molecule has 0 unspecified atom stereocenters. The highest BCUT2D eigenvalue weighted by Gasteiger charge is 2.09. The molecule has 3 rings (SSSR count). The van der Waals surface area contributed by atoms with Crippen LogP contribution < -0.4 is 16.2 Å². The summed E-state index contributed by atoms with van der Waals surface area (Å²) in [5.41, 5.74) is 15.2. The first kappa shape index (κ1) is 19.9. The van der Waals surface area contributed by atoms with E-state index < -0.39 is 5.91 Å². The van der Waals surface area contributed by atoms with Crippen molar-refractivity contribution in [2.75, 3.05) is 26.4 Å². The van der Waals surface area contributed by atoms with Crippen molar-refractivity contribution < 1.29 is 14.3 Å². The van der Waals surface area contributed by atoms with E-state index in [0.717, 1.165) is 22.3 Å². The van der Waals surface area contributed by atoms with E-state index in [4.69, 9.17) is 16.2 Å². The quantitative estimate of drug-likeness (QED) is 0.672. The van der Waals surface area contributed by atoms with Gasteiger partial charge in [0.1, 0.15) is 11.6 Å². The fourth-order valence-electron chi connectivity index (χ4n) is 2.70. The molecule has 7 nitrogen and oxygen atoms in total. The fraction of sp³-hybridized carbons (Fsp3) is 0.136. The lowest BCUT2D eigenvalue weighted by Gasteiger charge is -2.12. The molecular formula is C22H22N4O3. The molecule has 0 aliphatic carbocycles. The number of anilines is 1. The maximum absolute atomic E-state index is 11.6. The Morgan fingerprint density at radius 2 is 1.59 bits per heavy atom. The molecule has 2 amide bonds. The lowest BCUT2D eigenvalue weighted by atomic mass is 10.00. The molecule has 0 saturated carbocycles. The zero-order valence-electron chi connectivity index (χ0n) is 16.3. The van der Waals surface area contributed by atoms with Crippen molar-refractivity contribution in [3.8, 4) is 28.0 Å². The number of primary amides is 1. The van der Waals surface area contributed by atoms with Crippen LogP contribution in [-0.2, 0) is 4.79 Å². The van der Waals surface area contributed by atoms with E-state index in [9.17, 15) is 9.59 Å². The Kier molecular flexibility index (Phi) is 5.78. The number of amides is 2. The largest absolute Gasteiger partial charge is 0.484 e. The van der Waals surface area contributed by atoms with Gasteiger partial charge in [0.05, 0.1) is 0 Å². The minimum absolute atomic E-state index is 0.0127. The molecule has 2 aromatic carbocycles. The van der Waals surface area contributed by atoms with E-state index in [1.807, 2.05) is 18.2 Å². The minimum Gasteiger partial charge on any atom is -0.484 e. The van der Waals surface area contributed by atoms with E-state index in [1.165, 1.54) is 4.90 Å². The lowest BCUT2D eigenvalue weighted by molar-refractivity contribution is -0.130. The first-order valence-electron chi connectivity index (χ1n) is 8.94. The zero-order valence-corrected chi connectivity index (χ0v) is 16.3. The van der Waals surface area contributed by atoms with Gasteiger partial charge in [-0.1, -0.05) is 24.3 Å². The first-order chi connectivity index (χ1) is 13.8. The second kappa shape index (κ2) is 8.43. The topological polar surface area (TPSA) is 112 Å². The summed E-state index contributed by atoms with van der Waals surface area (Å²) in [6.45, 7) is -0.0127. The van der Waals surface area contributed by atoms with Crippen molar-refractivity contribution in [2.24, 2.45) is 5.73 Å². The Morgan fingerprint density at radius 1 is 0.966 bits per heavy atom. The zero-order chi connectivity index (χ0) is 21.0. The van der Waals surface area contributed by atoms with Crippen LogP contribution in [0.2, 0.25) is 0 Å². The van der Waals surface area contributed by atoms with Gasteiger partial charge in [0, 0.05) is 37.0 Å². The molecule has 4 N–H and O–H groups in total. The van der Waals surface area contributed by atoms with Crippen molar-refractivity contribution in [1.29, 1.82) is 0 Å². The summed E-state index contributed by atoms with van der Waals surface area (Å²) in [7, 11) is 3.36. The number of likely N-dealkylation sites (N-methyl/N-ethyl adjacent to an activating group) is 1. The standard InChI is InChI=1S/C22H22N4O3/c1-26(2)20(27)13-29-18-9-7-14(8-10-18)17-11-19(21(23)25-12-17)15-3-5-16(6-4-15)22(24)28/h3-12H,13H2,1-2H3,(H2,23,25)(H2,24,28). The van der Waals surface area contributed by atoms with Gasteiger partial charge < -0.3 is 21.1 Å². The third-order valence-electron chi connectivity index (χ3n) is 4.45. The van der Waals surface area contributed by atoms with E-state index in [2.05, 4.69) is 4.98 Å². The molecule has 1 aromatic heterocycles. The third-order valence-corrected chi connectivity index (χ3v) is 4.45. The molecule has 3 aromatic rings. The predicted molar refractivity (Wildman–Crippen MR) is 112 cm³/mol. The maximum atomic E-state index is 11.6. The van der Waals surface area contributed by atoms with E-state index >= 15 is 0 Å². The fourth-order valence-corrected chi connectivity index (χ4v) is 2.70. The number of hydrogen-bond donors (Lipinski definition) is 2. The second-order valence-electron chi connectivity index (χ2n) is 6.70. The molecule has 0 aliphatic rings. The highest BCUT2D eigenvalue weighted by atomic mass is 16.5. The number of aromatic nitrogens is 1. The monoisotopic (exact) mass is 390 g/mol. The Balaban J connectivity index is 1.82. The summed E-state index contributed by atoms with van der Waals surface area (Å²) >= 11 is 0. The molecule has 0 atom stereocenters. The van der Waals surface area contributed by atoms with E-state index in [1.54, 1.807) is 56.7 Å². The van der Waals surface area contributed by atoms with Gasteiger partial charge in [0.25, 0.3) is 5.91 Å². The van der Waals surface area contributed by atoms with Crippen LogP contribution in [0.5, 0.6) is 5.75 Å². The molecule has 29 heavy (non-hydrogen) atoms. The molecule has 7 heteroatoms. The van der Waals surface area contributed by atoms with E-state index in [0.29, 0.717) is 17.1 Å². The highest BCUT2D eigenvalue weighted by molar-refractivity contribution is 5.93. The van der Waals surface area contributed by atoms with Crippen molar-refractivity contribution in [3.63, 3.8) is 0 Å². The highest BCUT2D eigenvalue weighted by Crippen LogP contribution is 2.30. The van der Waals surface area contributed by atoms with Crippen molar-refractivity contribution in [2.45, 2.75) is 0 Å². The Bertz CT molecular complexity index is 1030. The number of pyridine rings is 1. The molecule has 1 heterocycles. The number of nitrogens with zero attached hydrogens (tertiary/aromatic N) is 2. The van der Waals surface area contributed by atoms with Crippen LogP contribution in [0, 0.1) is 0 Å². The van der Waals surface area contributed by atoms with Crippen LogP contribution in [-0.4, -0.2) is 42.4 Å². The maximum Gasteiger partial charge on any atom is 0.259 e.